The molecule has 1 amide bonds. The molecule has 0 saturated heterocycles. The van der Waals surface area contributed by atoms with Gasteiger partial charge in [-0.1, -0.05) is 18.2 Å². The maximum absolute atomic E-state index is 13.0. The highest BCUT2D eigenvalue weighted by Gasteiger charge is 2.21. The monoisotopic (exact) mass is 372 g/mol. The summed E-state index contributed by atoms with van der Waals surface area (Å²) in [6, 6.07) is 18.8. The van der Waals surface area contributed by atoms with E-state index in [-0.39, 0.29) is 12.7 Å². The molecule has 7 heteroatoms. The van der Waals surface area contributed by atoms with Crippen LogP contribution >= 0.6 is 0 Å². The predicted octanol–water partition coefficient (Wildman–Crippen LogP) is 3.64. The Morgan fingerprint density at radius 3 is 2.57 bits per heavy atom. The van der Waals surface area contributed by atoms with E-state index in [1.54, 1.807) is 29.1 Å². The number of fused-ring (bicyclic) bond motifs is 1. The number of nitrogens with zero attached hydrogens (tertiary/aromatic N) is 3. The highest BCUT2D eigenvalue weighted by molar-refractivity contribution is 6.06. The Morgan fingerprint density at radius 2 is 1.75 bits per heavy atom. The van der Waals surface area contributed by atoms with E-state index in [1.807, 2.05) is 59.4 Å². The Hall–Kier alpha value is -4.00. The number of hydrogen-bond donors (Lipinski definition) is 1. The van der Waals surface area contributed by atoms with Crippen LogP contribution in [0.25, 0.3) is 11.5 Å². The molecular weight excluding hydrogens is 356 g/mol. The van der Waals surface area contributed by atoms with Gasteiger partial charge in [-0.05, 0) is 36.4 Å². The van der Waals surface area contributed by atoms with Crippen molar-refractivity contribution in [3.63, 3.8) is 0 Å². The quantitative estimate of drug-likeness (QED) is 0.594. The van der Waals surface area contributed by atoms with Gasteiger partial charge in [0, 0.05) is 24.1 Å². The fourth-order valence-corrected chi connectivity index (χ4v) is 3.16. The number of rotatable bonds is 4. The van der Waals surface area contributed by atoms with Crippen molar-refractivity contribution in [2.45, 2.75) is 0 Å². The molecule has 0 unspecified atom stereocenters. The van der Waals surface area contributed by atoms with Crippen molar-refractivity contribution >= 4 is 11.6 Å². The number of carbonyl (C=O) groups excluding carboxylic acids is 1. The Morgan fingerprint density at radius 1 is 0.964 bits per heavy atom. The Balaban J connectivity index is 1.53. The van der Waals surface area contributed by atoms with Crippen molar-refractivity contribution in [3.8, 4) is 23.0 Å². The molecule has 0 saturated carbocycles. The van der Waals surface area contributed by atoms with Crippen LogP contribution in [0.4, 0.5) is 5.69 Å². The van der Waals surface area contributed by atoms with Gasteiger partial charge < -0.3 is 19.4 Å². The van der Waals surface area contributed by atoms with Crippen LogP contribution in [-0.4, -0.2) is 27.0 Å². The summed E-state index contributed by atoms with van der Waals surface area (Å²) in [5, 5.41) is 7.37. The van der Waals surface area contributed by atoms with Gasteiger partial charge in [0.2, 0.25) is 6.79 Å². The van der Waals surface area contributed by atoms with E-state index in [4.69, 9.17) is 9.47 Å². The van der Waals surface area contributed by atoms with Gasteiger partial charge >= 0.3 is 0 Å². The van der Waals surface area contributed by atoms with E-state index in [2.05, 4.69) is 10.4 Å². The summed E-state index contributed by atoms with van der Waals surface area (Å²) in [5.41, 5.74) is 1.95. The number of carbonyl (C=O) groups is 1. The summed E-state index contributed by atoms with van der Waals surface area (Å²) >= 11 is 0. The Kier molecular flexibility index (Phi) is 3.83. The largest absolute Gasteiger partial charge is 0.454 e. The molecule has 0 fully saturated rings. The summed E-state index contributed by atoms with van der Waals surface area (Å²) in [4.78, 5) is 13.0. The zero-order chi connectivity index (χ0) is 18.9. The highest BCUT2D eigenvalue weighted by Crippen LogP contribution is 2.34. The molecule has 0 atom stereocenters. The molecule has 0 bridgehead atoms. The van der Waals surface area contributed by atoms with Gasteiger partial charge in [0.15, 0.2) is 17.3 Å². The van der Waals surface area contributed by atoms with Crippen LogP contribution in [0, 0.1) is 0 Å². The lowest BCUT2D eigenvalue weighted by atomic mass is 10.2. The van der Waals surface area contributed by atoms with Gasteiger partial charge in [-0.2, -0.15) is 5.10 Å². The number of nitrogens with one attached hydrogen (secondary N) is 1. The first-order valence-corrected chi connectivity index (χ1v) is 8.77. The minimum Gasteiger partial charge on any atom is -0.454 e. The number of aromatic nitrogens is 3. The normalized spacial score (nSPS) is 12.1. The zero-order valence-corrected chi connectivity index (χ0v) is 14.8. The molecule has 1 N–H and O–H groups in total. The fourth-order valence-electron chi connectivity index (χ4n) is 3.16. The Bertz CT molecular complexity index is 1130. The van der Waals surface area contributed by atoms with Crippen LogP contribution < -0.4 is 14.8 Å². The van der Waals surface area contributed by atoms with E-state index < -0.39 is 0 Å². The van der Waals surface area contributed by atoms with E-state index in [9.17, 15) is 4.79 Å². The molecule has 1 aliphatic rings. The van der Waals surface area contributed by atoms with Gasteiger partial charge in [-0.15, -0.1) is 0 Å². The third kappa shape index (κ3) is 2.79. The van der Waals surface area contributed by atoms with E-state index in [1.165, 1.54) is 0 Å². The number of benzene rings is 2. The molecule has 7 nitrogen and oxygen atoms in total. The second kappa shape index (κ2) is 6.62. The number of hydrogen-bond acceptors (Lipinski definition) is 4. The molecule has 0 spiro atoms. The average Bonchev–Trinajstić information content (AvgIpc) is 3.47. The van der Waals surface area contributed by atoms with Crippen LogP contribution in [0.15, 0.2) is 79.3 Å². The first kappa shape index (κ1) is 16.2. The van der Waals surface area contributed by atoms with Crippen LogP contribution in [0.1, 0.15) is 10.4 Å². The summed E-state index contributed by atoms with van der Waals surface area (Å²) < 4.78 is 14.3. The average molecular weight is 372 g/mol. The molecule has 2 aromatic carbocycles. The minimum atomic E-state index is -0.259. The third-order valence-electron chi connectivity index (χ3n) is 4.47. The van der Waals surface area contributed by atoms with Crippen molar-refractivity contribution in [1.82, 2.24) is 14.3 Å². The number of amides is 1. The number of anilines is 1. The SMILES string of the molecule is O=C(Nc1ccc2c(c1)OCO2)c1cnn(-c2ccccc2)c1-n1cccc1. The Labute approximate surface area is 160 Å². The third-order valence-corrected chi connectivity index (χ3v) is 4.47. The van der Waals surface area contributed by atoms with Gasteiger partial charge in [-0.3, -0.25) is 4.79 Å². The molecule has 0 aliphatic carbocycles. The lowest BCUT2D eigenvalue weighted by Gasteiger charge is -2.11. The smallest absolute Gasteiger partial charge is 0.261 e. The van der Waals surface area contributed by atoms with Crippen molar-refractivity contribution in [2.75, 3.05) is 12.1 Å². The van der Waals surface area contributed by atoms with Crippen LogP contribution in [0.2, 0.25) is 0 Å². The molecule has 138 valence electrons. The van der Waals surface area contributed by atoms with Gasteiger partial charge in [0.1, 0.15) is 5.56 Å². The molecule has 1 aliphatic heterocycles. The lowest BCUT2D eigenvalue weighted by molar-refractivity contribution is 0.102. The summed E-state index contributed by atoms with van der Waals surface area (Å²) in [6.07, 6.45) is 5.34. The van der Waals surface area contributed by atoms with E-state index >= 15 is 0 Å². The summed E-state index contributed by atoms with van der Waals surface area (Å²) in [6.45, 7) is 0.189. The van der Waals surface area contributed by atoms with Crippen molar-refractivity contribution in [1.29, 1.82) is 0 Å². The maximum Gasteiger partial charge on any atom is 0.261 e. The summed E-state index contributed by atoms with van der Waals surface area (Å²) in [7, 11) is 0. The highest BCUT2D eigenvalue weighted by atomic mass is 16.7. The van der Waals surface area contributed by atoms with Gasteiger partial charge in [0.05, 0.1) is 11.9 Å². The molecule has 5 rings (SSSR count). The molecule has 3 heterocycles. The second-order valence-electron chi connectivity index (χ2n) is 6.24. The van der Waals surface area contributed by atoms with Crippen molar-refractivity contribution in [3.05, 3.63) is 84.8 Å². The lowest BCUT2D eigenvalue weighted by Crippen LogP contribution is -2.15. The van der Waals surface area contributed by atoms with Crippen LogP contribution in [0.3, 0.4) is 0 Å². The number of para-hydroxylation sites is 1. The topological polar surface area (TPSA) is 70.3 Å². The second-order valence-corrected chi connectivity index (χ2v) is 6.24. The molecule has 4 aromatic rings. The van der Waals surface area contributed by atoms with Crippen molar-refractivity contribution < 1.29 is 14.3 Å². The molecule has 28 heavy (non-hydrogen) atoms. The molecule has 0 radical (unpaired) electrons. The zero-order valence-electron chi connectivity index (χ0n) is 14.8. The standard InChI is InChI=1S/C21H16N4O3/c26-20(23-15-8-9-18-19(12-15)28-14-27-18)17-13-22-25(16-6-2-1-3-7-16)21(17)24-10-4-5-11-24/h1-13H,14H2,(H,23,26). The minimum absolute atomic E-state index is 0.189. The molecular formula is C21H16N4O3. The van der Waals surface area contributed by atoms with E-state index in [0.29, 0.717) is 28.6 Å². The first-order valence-electron chi connectivity index (χ1n) is 8.77. The van der Waals surface area contributed by atoms with Crippen LogP contribution in [0.5, 0.6) is 11.5 Å². The summed E-state index contributed by atoms with van der Waals surface area (Å²) in [5.74, 6) is 1.69. The fraction of sp³-hybridized carbons (Fsp3) is 0.0476. The van der Waals surface area contributed by atoms with Gasteiger partial charge in [0.25, 0.3) is 5.91 Å². The van der Waals surface area contributed by atoms with Crippen LogP contribution in [-0.2, 0) is 0 Å². The predicted molar refractivity (Wildman–Crippen MR) is 103 cm³/mol. The maximum atomic E-state index is 13.0. The first-order chi connectivity index (χ1) is 13.8. The van der Waals surface area contributed by atoms with E-state index in [0.717, 1.165) is 5.69 Å². The van der Waals surface area contributed by atoms with Crippen molar-refractivity contribution in [2.24, 2.45) is 0 Å². The number of ether oxygens (including phenoxy) is 2. The molecule has 2 aromatic heterocycles. The van der Waals surface area contributed by atoms with Gasteiger partial charge in [-0.25, -0.2) is 4.68 Å².